The first-order chi connectivity index (χ1) is 7.72. The first-order valence-electron chi connectivity index (χ1n) is 5.80. The highest BCUT2D eigenvalue weighted by molar-refractivity contribution is 5.74. The number of hydrogen-bond acceptors (Lipinski definition) is 3. The highest BCUT2D eigenvalue weighted by atomic mass is 16.5. The Hall–Kier alpha value is -1.38. The Kier molecular flexibility index (Phi) is 12.4. The van der Waals surface area contributed by atoms with Crippen molar-refractivity contribution >= 4 is 6.29 Å². The summed E-state index contributed by atoms with van der Waals surface area (Å²) in [6, 6.07) is 3.26. The van der Waals surface area contributed by atoms with Crippen LogP contribution in [-0.2, 0) is 0 Å². The number of ether oxygens (including phenoxy) is 1. The Bertz CT molecular complexity index is 272. The van der Waals surface area contributed by atoms with Gasteiger partial charge in [0.05, 0.1) is 6.10 Å². The van der Waals surface area contributed by atoms with Crippen LogP contribution in [0.5, 0.6) is 5.88 Å². The Morgan fingerprint density at radius 3 is 2.25 bits per heavy atom. The minimum atomic E-state index is 0.0828. The molecule has 92 valence electrons. The highest BCUT2D eigenvalue weighted by Gasteiger charge is 1.99. The third kappa shape index (κ3) is 7.97. The number of pyridine rings is 1. The zero-order chi connectivity index (χ0) is 13.0. The fraction of sp³-hybridized carbons (Fsp3) is 0.538. The molecule has 0 bridgehead atoms. The van der Waals surface area contributed by atoms with Crippen molar-refractivity contribution in [2.45, 2.75) is 47.6 Å². The normalized spacial score (nSPS) is 8.19. The molecular formula is C13H23NO2. The van der Waals surface area contributed by atoms with Gasteiger partial charge in [-0.3, -0.25) is 4.79 Å². The maximum absolute atomic E-state index is 10.4. The lowest BCUT2D eigenvalue weighted by Gasteiger charge is -2.07. The van der Waals surface area contributed by atoms with Gasteiger partial charge in [-0.25, -0.2) is 4.98 Å². The number of carbonyl (C=O) groups is 1. The first kappa shape index (κ1) is 17.0. The Balaban J connectivity index is 0. The van der Waals surface area contributed by atoms with Crippen LogP contribution < -0.4 is 4.74 Å². The van der Waals surface area contributed by atoms with E-state index in [0.717, 1.165) is 6.29 Å². The highest BCUT2D eigenvalue weighted by Crippen LogP contribution is 2.08. The van der Waals surface area contributed by atoms with Crippen LogP contribution in [0.3, 0.4) is 0 Å². The molecule has 0 amide bonds. The molecular weight excluding hydrogens is 202 g/mol. The molecule has 3 nitrogen and oxygen atoms in total. The van der Waals surface area contributed by atoms with Crippen LogP contribution in [0.15, 0.2) is 18.3 Å². The van der Waals surface area contributed by atoms with Crippen LogP contribution in [0.2, 0.25) is 0 Å². The predicted molar refractivity (Wildman–Crippen MR) is 68.1 cm³/mol. The summed E-state index contributed by atoms with van der Waals surface area (Å²) in [5, 5.41) is 0. The van der Waals surface area contributed by atoms with E-state index < -0.39 is 0 Å². The molecule has 3 heteroatoms. The summed E-state index contributed by atoms with van der Waals surface area (Å²) in [6.07, 6.45) is 2.41. The maximum Gasteiger partial charge on any atom is 0.214 e. The van der Waals surface area contributed by atoms with Crippen molar-refractivity contribution in [1.29, 1.82) is 0 Å². The first-order valence-corrected chi connectivity index (χ1v) is 5.80. The molecule has 0 N–H and O–H groups in total. The number of carbonyl (C=O) groups excluding carboxylic acids is 1. The van der Waals surface area contributed by atoms with Crippen molar-refractivity contribution in [1.82, 2.24) is 4.98 Å². The lowest BCUT2D eigenvalue weighted by atomic mass is 10.3. The van der Waals surface area contributed by atoms with Crippen LogP contribution in [0.4, 0.5) is 0 Å². The standard InChI is InChI=1S/C9H11NO2.2C2H6/c1-7(2)12-9-5-8(6-11)3-4-10-9;2*1-2/h3-7H,1-2H3;2*1-2H3. The molecule has 0 aromatic carbocycles. The zero-order valence-electron chi connectivity index (χ0n) is 11.2. The van der Waals surface area contributed by atoms with Crippen LogP contribution in [0.25, 0.3) is 0 Å². The van der Waals surface area contributed by atoms with Crippen molar-refractivity contribution < 1.29 is 9.53 Å². The van der Waals surface area contributed by atoms with Gasteiger partial charge in [0.15, 0.2) is 0 Å². The third-order valence-electron chi connectivity index (χ3n) is 1.25. The van der Waals surface area contributed by atoms with Crippen LogP contribution in [-0.4, -0.2) is 17.4 Å². The summed E-state index contributed by atoms with van der Waals surface area (Å²) in [6.45, 7) is 11.8. The summed E-state index contributed by atoms with van der Waals surface area (Å²) in [5.41, 5.74) is 0.584. The van der Waals surface area contributed by atoms with Gasteiger partial charge in [0.25, 0.3) is 0 Å². The maximum atomic E-state index is 10.4. The van der Waals surface area contributed by atoms with E-state index >= 15 is 0 Å². The van der Waals surface area contributed by atoms with E-state index in [0.29, 0.717) is 11.4 Å². The van der Waals surface area contributed by atoms with Gasteiger partial charge in [-0.1, -0.05) is 27.7 Å². The van der Waals surface area contributed by atoms with Crippen molar-refractivity contribution in [2.24, 2.45) is 0 Å². The summed E-state index contributed by atoms with van der Waals surface area (Å²) in [7, 11) is 0. The summed E-state index contributed by atoms with van der Waals surface area (Å²) in [5.74, 6) is 0.495. The second-order valence-electron chi connectivity index (χ2n) is 2.71. The average Bonchev–Trinajstić information content (AvgIpc) is 2.33. The van der Waals surface area contributed by atoms with Crippen molar-refractivity contribution in [3.05, 3.63) is 23.9 Å². The molecule has 0 aliphatic rings. The molecule has 1 heterocycles. The van der Waals surface area contributed by atoms with Gasteiger partial charge in [-0.2, -0.15) is 0 Å². The van der Waals surface area contributed by atoms with Gasteiger partial charge in [0, 0.05) is 17.8 Å². The van der Waals surface area contributed by atoms with Gasteiger partial charge >= 0.3 is 0 Å². The Morgan fingerprint density at radius 2 is 1.81 bits per heavy atom. The molecule has 0 spiro atoms. The lowest BCUT2D eigenvalue weighted by molar-refractivity contribution is 0.112. The molecule has 16 heavy (non-hydrogen) atoms. The Morgan fingerprint density at radius 1 is 1.25 bits per heavy atom. The Labute approximate surface area is 98.9 Å². The van der Waals surface area contributed by atoms with Crippen molar-refractivity contribution in [2.75, 3.05) is 0 Å². The number of nitrogens with zero attached hydrogens (tertiary/aromatic N) is 1. The lowest BCUT2D eigenvalue weighted by Crippen LogP contribution is -2.06. The van der Waals surface area contributed by atoms with Gasteiger partial charge in [0.1, 0.15) is 6.29 Å². The zero-order valence-corrected chi connectivity index (χ0v) is 11.2. The van der Waals surface area contributed by atoms with Crippen molar-refractivity contribution in [3.8, 4) is 5.88 Å². The SMILES string of the molecule is CC.CC.CC(C)Oc1cc(C=O)ccn1. The second-order valence-corrected chi connectivity index (χ2v) is 2.71. The van der Waals surface area contributed by atoms with Crippen LogP contribution >= 0.6 is 0 Å². The van der Waals surface area contributed by atoms with E-state index in [1.54, 1.807) is 18.3 Å². The molecule has 1 aromatic heterocycles. The van der Waals surface area contributed by atoms with Gasteiger partial charge in [0.2, 0.25) is 5.88 Å². The quantitative estimate of drug-likeness (QED) is 0.736. The summed E-state index contributed by atoms with van der Waals surface area (Å²) < 4.78 is 5.29. The predicted octanol–water partition coefficient (Wildman–Crippen LogP) is 3.73. The number of rotatable bonds is 3. The molecule has 0 aliphatic heterocycles. The molecule has 0 radical (unpaired) electrons. The van der Waals surface area contributed by atoms with Gasteiger partial charge < -0.3 is 4.74 Å². The minimum absolute atomic E-state index is 0.0828. The largest absolute Gasteiger partial charge is 0.475 e. The molecule has 0 saturated heterocycles. The van der Waals surface area contributed by atoms with E-state index in [1.807, 2.05) is 41.5 Å². The van der Waals surface area contributed by atoms with E-state index in [9.17, 15) is 4.79 Å². The molecule has 1 rings (SSSR count). The van der Waals surface area contributed by atoms with E-state index in [-0.39, 0.29) is 6.10 Å². The summed E-state index contributed by atoms with van der Waals surface area (Å²) >= 11 is 0. The van der Waals surface area contributed by atoms with Gasteiger partial charge in [-0.05, 0) is 19.9 Å². The smallest absolute Gasteiger partial charge is 0.214 e. The monoisotopic (exact) mass is 225 g/mol. The van der Waals surface area contributed by atoms with E-state index in [2.05, 4.69) is 4.98 Å². The number of aromatic nitrogens is 1. The van der Waals surface area contributed by atoms with E-state index in [1.165, 1.54) is 0 Å². The van der Waals surface area contributed by atoms with Crippen LogP contribution in [0, 0.1) is 0 Å². The van der Waals surface area contributed by atoms with E-state index in [4.69, 9.17) is 4.74 Å². The topological polar surface area (TPSA) is 39.2 Å². The second kappa shape index (κ2) is 11.7. The fourth-order valence-electron chi connectivity index (χ4n) is 0.804. The molecule has 0 fully saturated rings. The molecule has 0 saturated carbocycles. The third-order valence-corrected chi connectivity index (χ3v) is 1.25. The molecule has 1 aromatic rings. The molecule has 0 unspecified atom stereocenters. The number of hydrogen-bond donors (Lipinski definition) is 0. The number of aldehydes is 1. The molecule has 0 atom stereocenters. The summed E-state index contributed by atoms with van der Waals surface area (Å²) in [4.78, 5) is 14.3. The minimum Gasteiger partial charge on any atom is -0.475 e. The average molecular weight is 225 g/mol. The van der Waals surface area contributed by atoms with Crippen molar-refractivity contribution in [3.63, 3.8) is 0 Å². The fourth-order valence-corrected chi connectivity index (χ4v) is 0.804. The van der Waals surface area contributed by atoms with Gasteiger partial charge in [-0.15, -0.1) is 0 Å². The van der Waals surface area contributed by atoms with Crippen LogP contribution in [0.1, 0.15) is 51.9 Å². The molecule has 0 aliphatic carbocycles.